The van der Waals surface area contributed by atoms with Gasteiger partial charge in [0.1, 0.15) is 18.3 Å². The SMILES string of the molecule is O=[N+]([O-])O[C@@H]1CO[C@H]2[C@@H]1OC[C@@H]2O.[CH2]Br. The molecule has 2 fully saturated rings. The Morgan fingerprint density at radius 3 is 2.60 bits per heavy atom. The molecule has 8 heteroatoms. The van der Waals surface area contributed by atoms with Gasteiger partial charge in [-0.15, -0.1) is 10.1 Å². The van der Waals surface area contributed by atoms with Crippen LogP contribution in [0.2, 0.25) is 0 Å². The van der Waals surface area contributed by atoms with Crippen LogP contribution < -0.4 is 0 Å². The number of nitrogens with zero attached hydrogens (tertiary/aromatic N) is 1. The summed E-state index contributed by atoms with van der Waals surface area (Å²) in [5, 5.41) is 18.4. The highest BCUT2D eigenvalue weighted by molar-refractivity contribution is 9.10. The first-order valence-electron chi connectivity index (χ1n) is 4.17. The summed E-state index contributed by atoms with van der Waals surface area (Å²) in [5.41, 5.74) is 0. The van der Waals surface area contributed by atoms with Crippen LogP contribution in [-0.2, 0) is 14.3 Å². The van der Waals surface area contributed by atoms with Gasteiger partial charge in [-0.25, -0.2) is 0 Å². The third-order valence-corrected chi connectivity index (χ3v) is 2.20. The molecule has 0 spiro atoms. The molecule has 0 aliphatic carbocycles. The van der Waals surface area contributed by atoms with E-state index in [0.717, 1.165) is 0 Å². The average Bonchev–Trinajstić information content (AvgIpc) is 2.75. The molecule has 87 valence electrons. The zero-order chi connectivity index (χ0) is 11.4. The number of hydrogen-bond donors (Lipinski definition) is 1. The summed E-state index contributed by atoms with van der Waals surface area (Å²) in [6.07, 6.45) is -2.41. The molecule has 0 aromatic heterocycles. The van der Waals surface area contributed by atoms with Crippen LogP contribution in [0.4, 0.5) is 0 Å². The van der Waals surface area contributed by atoms with Crippen LogP contribution >= 0.6 is 15.9 Å². The van der Waals surface area contributed by atoms with Crippen molar-refractivity contribution >= 4 is 15.9 Å². The third-order valence-electron chi connectivity index (χ3n) is 2.20. The molecule has 2 heterocycles. The molecule has 0 saturated carbocycles. The van der Waals surface area contributed by atoms with Crippen molar-refractivity contribution < 1.29 is 24.5 Å². The lowest BCUT2D eigenvalue weighted by molar-refractivity contribution is -0.769. The van der Waals surface area contributed by atoms with Crippen molar-refractivity contribution in [2.45, 2.75) is 24.4 Å². The van der Waals surface area contributed by atoms with E-state index in [1.165, 1.54) is 0 Å². The maximum atomic E-state index is 10.0. The summed E-state index contributed by atoms with van der Waals surface area (Å²) in [4.78, 5) is 14.4. The van der Waals surface area contributed by atoms with Crippen molar-refractivity contribution in [3.05, 3.63) is 15.9 Å². The van der Waals surface area contributed by atoms with Crippen LogP contribution in [-0.4, -0.2) is 47.8 Å². The Balaban J connectivity index is 0.000000531. The molecular formula is C7H11BrNO6. The maximum Gasteiger partial charge on any atom is 0.294 e. The van der Waals surface area contributed by atoms with Crippen molar-refractivity contribution in [3.8, 4) is 0 Å². The Hall–Kier alpha value is -0.440. The number of aliphatic hydroxyl groups is 1. The van der Waals surface area contributed by atoms with Crippen molar-refractivity contribution in [1.82, 2.24) is 0 Å². The van der Waals surface area contributed by atoms with Gasteiger partial charge in [0.2, 0.25) is 0 Å². The second kappa shape index (κ2) is 5.59. The van der Waals surface area contributed by atoms with Crippen molar-refractivity contribution in [1.29, 1.82) is 0 Å². The Morgan fingerprint density at radius 1 is 1.40 bits per heavy atom. The predicted molar refractivity (Wildman–Crippen MR) is 51.6 cm³/mol. The van der Waals surface area contributed by atoms with E-state index in [9.17, 15) is 15.2 Å². The fourth-order valence-corrected chi connectivity index (χ4v) is 1.64. The van der Waals surface area contributed by atoms with E-state index in [1.54, 1.807) is 0 Å². The highest BCUT2D eigenvalue weighted by Crippen LogP contribution is 2.28. The van der Waals surface area contributed by atoms with Gasteiger partial charge in [-0.3, -0.25) is 0 Å². The van der Waals surface area contributed by atoms with E-state index in [1.807, 2.05) is 0 Å². The number of halogens is 1. The van der Waals surface area contributed by atoms with E-state index in [0.29, 0.717) is 0 Å². The number of rotatable bonds is 2. The molecule has 2 rings (SSSR count). The summed E-state index contributed by atoms with van der Waals surface area (Å²) < 4.78 is 10.2. The van der Waals surface area contributed by atoms with Crippen molar-refractivity contribution in [2.24, 2.45) is 0 Å². The molecule has 1 radical (unpaired) electrons. The zero-order valence-corrected chi connectivity index (χ0v) is 9.33. The van der Waals surface area contributed by atoms with Gasteiger partial charge in [0.15, 0.2) is 6.10 Å². The second-order valence-corrected chi connectivity index (χ2v) is 3.03. The molecule has 0 bridgehead atoms. The molecule has 0 unspecified atom stereocenters. The lowest BCUT2D eigenvalue weighted by atomic mass is 10.1. The van der Waals surface area contributed by atoms with Crippen LogP contribution in [0, 0.1) is 15.9 Å². The van der Waals surface area contributed by atoms with Crippen LogP contribution in [0.1, 0.15) is 0 Å². The number of ether oxygens (including phenoxy) is 2. The average molecular weight is 285 g/mol. The van der Waals surface area contributed by atoms with Gasteiger partial charge in [0, 0.05) is 5.83 Å². The van der Waals surface area contributed by atoms with Crippen LogP contribution in [0.15, 0.2) is 0 Å². The molecule has 15 heavy (non-hydrogen) atoms. The maximum absolute atomic E-state index is 10.0. The van der Waals surface area contributed by atoms with E-state index in [4.69, 9.17) is 9.47 Å². The van der Waals surface area contributed by atoms with Crippen LogP contribution in [0.3, 0.4) is 0 Å². The van der Waals surface area contributed by atoms with Crippen LogP contribution in [0.25, 0.3) is 0 Å². The topological polar surface area (TPSA) is 91.1 Å². The lowest BCUT2D eigenvalue weighted by Gasteiger charge is -2.12. The molecule has 1 N–H and O–H groups in total. The predicted octanol–water partition coefficient (Wildman–Crippen LogP) is -0.105. The fraction of sp³-hybridized carbons (Fsp3) is 0.857. The number of aliphatic hydroxyl groups excluding tert-OH is 1. The monoisotopic (exact) mass is 284 g/mol. The Kier molecular flexibility index (Phi) is 4.71. The zero-order valence-electron chi connectivity index (χ0n) is 7.74. The van der Waals surface area contributed by atoms with Gasteiger partial charge in [-0.05, 0) is 0 Å². The number of fused-ring (bicyclic) bond motifs is 1. The summed E-state index contributed by atoms with van der Waals surface area (Å²) in [5.74, 6) is 3.06. The minimum absolute atomic E-state index is 0.0906. The minimum atomic E-state index is -0.871. The fourth-order valence-electron chi connectivity index (χ4n) is 1.64. The third kappa shape index (κ3) is 2.77. The largest absolute Gasteiger partial charge is 0.388 e. The molecule has 0 aromatic carbocycles. The lowest BCUT2D eigenvalue weighted by Crippen LogP contribution is -2.33. The molecular weight excluding hydrogens is 274 g/mol. The van der Waals surface area contributed by atoms with Gasteiger partial charge in [-0.2, -0.15) is 0 Å². The highest BCUT2D eigenvalue weighted by Gasteiger charge is 2.48. The molecule has 0 aromatic rings. The van der Waals surface area contributed by atoms with Gasteiger partial charge in [-0.1, -0.05) is 15.9 Å². The molecule has 2 saturated heterocycles. The summed E-state index contributed by atoms with van der Waals surface area (Å²) >= 11 is 2.69. The first-order chi connectivity index (χ1) is 7.18. The van der Waals surface area contributed by atoms with E-state index in [2.05, 4.69) is 26.6 Å². The minimum Gasteiger partial charge on any atom is -0.388 e. The van der Waals surface area contributed by atoms with Gasteiger partial charge >= 0.3 is 0 Å². The smallest absolute Gasteiger partial charge is 0.294 e. The first-order valence-corrected chi connectivity index (χ1v) is 5.30. The Bertz CT molecular complexity index is 228. The van der Waals surface area contributed by atoms with Crippen LogP contribution in [0.5, 0.6) is 0 Å². The molecule has 7 nitrogen and oxygen atoms in total. The summed E-state index contributed by atoms with van der Waals surface area (Å²) in [6, 6.07) is 0. The summed E-state index contributed by atoms with van der Waals surface area (Å²) in [7, 11) is 0. The normalized spacial score (nSPS) is 37.8. The van der Waals surface area contributed by atoms with Gasteiger partial charge in [0.05, 0.1) is 13.2 Å². The second-order valence-electron chi connectivity index (χ2n) is 3.03. The standard InChI is InChI=1S/C6H9NO6.CH2Br/c8-3-1-11-6-4(13-7(9)10)2-12-5(3)6;1-2/h3-6,8H,1-2H2;1H2/t3-,4+,5+,6+;/m0./s1. The molecule has 2 aliphatic rings. The summed E-state index contributed by atoms with van der Waals surface area (Å²) in [6.45, 7) is 0.236. The van der Waals surface area contributed by atoms with E-state index in [-0.39, 0.29) is 13.2 Å². The molecule has 0 amide bonds. The van der Waals surface area contributed by atoms with E-state index < -0.39 is 29.5 Å². The first kappa shape index (κ1) is 12.6. The van der Waals surface area contributed by atoms with Gasteiger partial charge < -0.3 is 19.4 Å². The molecule has 2 aliphatic heterocycles. The quantitative estimate of drug-likeness (QED) is 0.562. The van der Waals surface area contributed by atoms with Gasteiger partial charge in [0.25, 0.3) is 5.09 Å². The van der Waals surface area contributed by atoms with Crippen molar-refractivity contribution in [2.75, 3.05) is 13.2 Å². The Morgan fingerprint density at radius 2 is 2.00 bits per heavy atom. The Labute approximate surface area is 94.5 Å². The van der Waals surface area contributed by atoms with Crippen molar-refractivity contribution in [3.63, 3.8) is 0 Å². The molecule has 4 atom stereocenters. The highest BCUT2D eigenvalue weighted by atomic mass is 79.9. The number of hydrogen-bond acceptors (Lipinski definition) is 6. The van der Waals surface area contributed by atoms with E-state index >= 15 is 0 Å².